The smallest absolute Gasteiger partial charge is 0.341 e. The van der Waals surface area contributed by atoms with Crippen LogP contribution in [0.1, 0.15) is 35.8 Å². The molecule has 0 bridgehead atoms. The number of carbonyl (C=O) groups is 1. The van der Waals surface area contributed by atoms with Crippen LogP contribution in [-0.2, 0) is 6.54 Å². The molecule has 0 radical (unpaired) electrons. The minimum absolute atomic E-state index is 0.0397. The zero-order valence-electron chi connectivity index (χ0n) is 18.0. The van der Waals surface area contributed by atoms with Crippen molar-refractivity contribution in [1.82, 2.24) is 9.55 Å². The van der Waals surface area contributed by atoms with Gasteiger partial charge in [0.1, 0.15) is 28.7 Å². The second kappa shape index (κ2) is 9.49. The van der Waals surface area contributed by atoms with Crippen molar-refractivity contribution < 1.29 is 32.9 Å². The molecule has 3 aromatic rings. The number of halogens is 3. The lowest BCUT2D eigenvalue weighted by Gasteiger charge is -2.24. The Bertz CT molecular complexity index is 1250. The van der Waals surface area contributed by atoms with Gasteiger partial charge in [-0.1, -0.05) is 13.8 Å². The Kier molecular flexibility index (Phi) is 6.92. The summed E-state index contributed by atoms with van der Waals surface area (Å²) in [7, 11) is 1.29. The zero-order valence-corrected chi connectivity index (χ0v) is 18.0. The standard InChI is InChI=1S/C22H22F3N3O5/c1-10(2)18(9-29)28-8-14(22(31)32)19(30)12-6-17(21(33-3)27-20(12)28)26-7-13-15(24)4-11(23)5-16(13)25/h4-6,8,10,18,26,29H,7,9H2,1-3H3,(H,31,32). The summed E-state index contributed by atoms with van der Waals surface area (Å²) in [5.74, 6) is -4.92. The van der Waals surface area contributed by atoms with Gasteiger partial charge in [-0.2, -0.15) is 4.98 Å². The number of carboxylic acids is 1. The molecule has 33 heavy (non-hydrogen) atoms. The number of ether oxygens (including phenoxy) is 1. The number of benzene rings is 1. The average Bonchev–Trinajstić information content (AvgIpc) is 2.74. The first-order chi connectivity index (χ1) is 15.6. The third kappa shape index (κ3) is 4.63. The molecule has 0 saturated heterocycles. The number of aliphatic hydroxyl groups excluding tert-OH is 1. The van der Waals surface area contributed by atoms with E-state index in [1.54, 1.807) is 0 Å². The molecule has 2 aromatic heterocycles. The van der Waals surface area contributed by atoms with Gasteiger partial charge in [-0.05, 0) is 12.0 Å². The van der Waals surface area contributed by atoms with Crippen LogP contribution in [0.4, 0.5) is 18.9 Å². The van der Waals surface area contributed by atoms with E-state index in [1.165, 1.54) is 17.7 Å². The van der Waals surface area contributed by atoms with Crippen molar-refractivity contribution in [3.05, 3.63) is 63.2 Å². The van der Waals surface area contributed by atoms with Crippen molar-refractivity contribution in [2.45, 2.75) is 26.4 Å². The van der Waals surface area contributed by atoms with E-state index in [2.05, 4.69) is 10.3 Å². The van der Waals surface area contributed by atoms with E-state index in [-0.39, 0.29) is 35.1 Å². The number of carboxylic acid groups (broad SMARTS) is 1. The van der Waals surface area contributed by atoms with Crippen molar-refractivity contribution in [3.8, 4) is 5.88 Å². The molecule has 8 nitrogen and oxygen atoms in total. The summed E-state index contributed by atoms with van der Waals surface area (Å²) in [4.78, 5) is 28.8. The SMILES string of the molecule is COc1nc2c(cc1NCc1c(F)cc(F)cc1F)c(=O)c(C(=O)O)cn2C(CO)C(C)C. The van der Waals surface area contributed by atoms with Crippen LogP contribution < -0.4 is 15.5 Å². The lowest BCUT2D eigenvalue weighted by atomic mass is 10.0. The number of methoxy groups -OCH3 is 1. The highest BCUT2D eigenvalue weighted by molar-refractivity contribution is 5.93. The summed E-state index contributed by atoms with van der Waals surface area (Å²) in [6.07, 6.45) is 1.12. The number of aliphatic hydroxyl groups is 1. The predicted molar refractivity (Wildman–Crippen MR) is 114 cm³/mol. The molecule has 11 heteroatoms. The van der Waals surface area contributed by atoms with Crippen molar-refractivity contribution in [3.63, 3.8) is 0 Å². The van der Waals surface area contributed by atoms with Gasteiger partial charge in [0, 0.05) is 30.4 Å². The Morgan fingerprint density at radius 3 is 2.36 bits per heavy atom. The largest absolute Gasteiger partial charge is 0.479 e. The highest BCUT2D eigenvalue weighted by Crippen LogP contribution is 2.29. The van der Waals surface area contributed by atoms with Gasteiger partial charge in [-0.25, -0.2) is 18.0 Å². The summed E-state index contributed by atoms with van der Waals surface area (Å²) in [5, 5.41) is 22.0. The molecule has 2 heterocycles. The quantitative estimate of drug-likeness (QED) is 0.468. The molecule has 3 N–H and O–H groups in total. The first kappa shape index (κ1) is 24.1. The van der Waals surface area contributed by atoms with E-state index < -0.39 is 52.6 Å². The Morgan fingerprint density at radius 1 is 1.21 bits per heavy atom. The average molecular weight is 465 g/mol. The number of fused-ring (bicyclic) bond motifs is 1. The monoisotopic (exact) mass is 465 g/mol. The van der Waals surface area contributed by atoms with Crippen LogP contribution in [0.25, 0.3) is 11.0 Å². The van der Waals surface area contributed by atoms with Gasteiger partial charge in [-0.15, -0.1) is 0 Å². The van der Waals surface area contributed by atoms with E-state index in [1.807, 2.05) is 13.8 Å². The summed E-state index contributed by atoms with van der Waals surface area (Å²) < 4.78 is 47.8. The van der Waals surface area contributed by atoms with Crippen LogP contribution in [0.3, 0.4) is 0 Å². The molecule has 176 valence electrons. The van der Waals surface area contributed by atoms with Gasteiger partial charge >= 0.3 is 5.97 Å². The van der Waals surface area contributed by atoms with Crippen LogP contribution in [0.2, 0.25) is 0 Å². The zero-order chi connectivity index (χ0) is 24.4. The maximum atomic E-state index is 14.0. The summed E-state index contributed by atoms with van der Waals surface area (Å²) in [6.45, 7) is 2.84. The van der Waals surface area contributed by atoms with E-state index in [0.29, 0.717) is 12.1 Å². The molecule has 1 atom stereocenters. The van der Waals surface area contributed by atoms with Crippen molar-refractivity contribution in [2.75, 3.05) is 19.0 Å². The van der Waals surface area contributed by atoms with Crippen LogP contribution in [-0.4, -0.2) is 39.5 Å². The van der Waals surface area contributed by atoms with E-state index in [4.69, 9.17) is 4.74 Å². The van der Waals surface area contributed by atoms with Gasteiger partial charge in [0.15, 0.2) is 0 Å². The van der Waals surface area contributed by atoms with E-state index in [0.717, 1.165) is 6.20 Å². The minimum atomic E-state index is -1.46. The predicted octanol–water partition coefficient (Wildman–Crippen LogP) is 3.32. The first-order valence-electron chi connectivity index (χ1n) is 9.94. The molecule has 1 unspecified atom stereocenters. The maximum Gasteiger partial charge on any atom is 0.341 e. The number of rotatable bonds is 8. The molecule has 0 aliphatic rings. The molecule has 1 aromatic carbocycles. The fourth-order valence-corrected chi connectivity index (χ4v) is 3.49. The molecular weight excluding hydrogens is 443 g/mol. The molecular formula is C22H22F3N3O5. The molecule has 0 fully saturated rings. The molecule has 0 aliphatic heterocycles. The summed E-state index contributed by atoms with van der Waals surface area (Å²) >= 11 is 0. The third-order valence-electron chi connectivity index (χ3n) is 5.27. The Labute approximate surface area is 186 Å². The Hall–Kier alpha value is -3.60. The van der Waals surface area contributed by atoms with Gasteiger partial charge in [0.2, 0.25) is 11.3 Å². The number of hydrogen-bond donors (Lipinski definition) is 3. The van der Waals surface area contributed by atoms with Gasteiger partial charge < -0.3 is 24.8 Å². The fourth-order valence-electron chi connectivity index (χ4n) is 3.49. The second-order valence-corrected chi connectivity index (χ2v) is 7.70. The topological polar surface area (TPSA) is 114 Å². The second-order valence-electron chi connectivity index (χ2n) is 7.70. The molecule has 3 rings (SSSR count). The lowest BCUT2D eigenvalue weighted by molar-refractivity contribution is 0.0694. The number of aromatic carboxylic acids is 1. The minimum Gasteiger partial charge on any atom is -0.479 e. The van der Waals surface area contributed by atoms with Crippen LogP contribution in [0, 0.1) is 23.4 Å². The highest BCUT2D eigenvalue weighted by atomic mass is 19.1. The Balaban J connectivity index is 2.19. The van der Waals surface area contributed by atoms with Crippen molar-refractivity contribution in [1.29, 1.82) is 0 Å². The van der Waals surface area contributed by atoms with Crippen molar-refractivity contribution in [2.24, 2.45) is 5.92 Å². The van der Waals surface area contributed by atoms with Crippen LogP contribution in [0.15, 0.2) is 29.2 Å². The number of aromatic nitrogens is 2. The van der Waals surface area contributed by atoms with Crippen LogP contribution >= 0.6 is 0 Å². The van der Waals surface area contributed by atoms with Crippen molar-refractivity contribution >= 4 is 22.7 Å². The highest BCUT2D eigenvalue weighted by Gasteiger charge is 2.24. The van der Waals surface area contributed by atoms with Gasteiger partial charge in [0.05, 0.1) is 30.8 Å². The molecule has 0 spiro atoms. The summed E-state index contributed by atoms with van der Waals surface area (Å²) in [6, 6.07) is 1.74. The molecule has 0 amide bonds. The number of pyridine rings is 2. The first-order valence-corrected chi connectivity index (χ1v) is 9.94. The van der Waals surface area contributed by atoms with E-state index >= 15 is 0 Å². The molecule has 0 saturated carbocycles. The van der Waals surface area contributed by atoms with Crippen LogP contribution in [0.5, 0.6) is 5.88 Å². The van der Waals surface area contributed by atoms with Gasteiger partial charge in [0.25, 0.3) is 0 Å². The molecule has 0 aliphatic carbocycles. The Morgan fingerprint density at radius 2 is 1.85 bits per heavy atom. The van der Waals surface area contributed by atoms with E-state index in [9.17, 15) is 33.0 Å². The number of nitrogens with one attached hydrogen (secondary N) is 1. The number of nitrogens with zero attached hydrogens (tertiary/aromatic N) is 2. The number of hydrogen-bond acceptors (Lipinski definition) is 6. The van der Waals surface area contributed by atoms with Gasteiger partial charge in [-0.3, -0.25) is 4.79 Å². The summed E-state index contributed by atoms with van der Waals surface area (Å²) in [5.41, 5.74) is -1.68. The lowest BCUT2D eigenvalue weighted by Crippen LogP contribution is -2.26. The third-order valence-corrected chi connectivity index (χ3v) is 5.27. The maximum absolute atomic E-state index is 14.0. The number of anilines is 1. The normalized spacial score (nSPS) is 12.2. The fraction of sp³-hybridized carbons (Fsp3) is 0.318.